The van der Waals surface area contributed by atoms with Gasteiger partial charge in [-0.1, -0.05) is 29.3 Å². The van der Waals surface area contributed by atoms with Crippen LogP contribution in [0.5, 0.6) is 0 Å². The number of amides is 1. The highest BCUT2D eigenvalue weighted by Gasteiger charge is 2.08. The van der Waals surface area contributed by atoms with Gasteiger partial charge in [-0.3, -0.25) is 0 Å². The summed E-state index contributed by atoms with van der Waals surface area (Å²) in [7, 11) is 0. The average molecular weight is 238 g/mol. The molecule has 0 unspecified atom stereocenters. The Morgan fingerprint density at radius 1 is 1.42 bits per heavy atom. The van der Waals surface area contributed by atoms with Crippen LogP contribution in [0.4, 0.5) is 4.79 Å². The number of alkyl halides is 1. The van der Waals surface area contributed by atoms with Crippen LogP contribution in [-0.4, -0.2) is 34.5 Å². The third-order valence-corrected chi connectivity index (χ3v) is 2.17. The Hall–Kier alpha value is -0.250. The maximum atomic E-state index is 10.6. The molecule has 1 N–H and O–H groups in total. The normalized spacial score (nSPS) is 9.83. The van der Waals surface area contributed by atoms with Crippen LogP contribution in [0.25, 0.3) is 0 Å². The van der Waals surface area contributed by atoms with Gasteiger partial charge in [0.15, 0.2) is 0 Å². The van der Waals surface area contributed by atoms with Crippen LogP contribution in [-0.2, 0) is 0 Å². The van der Waals surface area contributed by atoms with E-state index in [-0.39, 0.29) is 0 Å². The van der Waals surface area contributed by atoms with Crippen LogP contribution < -0.4 is 0 Å². The zero-order chi connectivity index (χ0) is 9.40. The smallest absolute Gasteiger partial charge is 0.407 e. The van der Waals surface area contributed by atoms with Gasteiger partial charge in [-0.2, -0.15) is 0 Å². The SMILES string of the molecule is CCCCN(CCCBr)C(=O)O. The van der Waals surface area contributed by atoms with Crippen LogP contribution in [0.3, 0.4) is 0 Å². The summed E-state index contributed by atoms with van der Waals surface area (Å²) >= 11 is 3.28. The van der Waals surface area contributed by atoms with E-state index in [4.69, 9.17) is 5.11 Å². The summed E-state index contributed by atoms with van der Waals surface area (Å²) in [5.41, 5.74) is 0. The predicted octanol–water partition coefficient (Wildman–Crippen LogP) is 2.55. The van der Waals surface area contributed by atoms with Crippen molar-refractivity contribution in [1.29, 1.82) is 0 Å². The zero-order valence-corrected chi connectivity index (χ0v) is 9.01. The number of nitrogens with zero attached hydrogens (tertiary/aromatic N) is 1. The number of hydrogen-bond donors (Lipinski definition) is 1. The highest BCUT2D eigenvalue weighted by molar-refractivity contribution is 9.09. The Morgan fingerprint density at radius 3 is 2.42 bits per heavy atom. The van der Waals surface area contributed by atoms with E-state index in [1.807, 2.05) is 0 Å². The molecule has 4 heteroatoms. The minimum absolute atomic E-state index is 0.639. The molecule has 0 radical (unpaired) electrons. The average Bonchev–Trinajstić information content (AvgIpc) is 2.04. The van der Waals surface area contributed by atoms with E-state index in [1.165, 1.54) is 4.90 Å². The summed E-state index contributed by atoms with van der Waals surface area (Å²) in [6.45, 7) is 3.37. The van der Waals surface area contributed by atoms with Gasteiger partial charge in [0.2, 0.25) is 0 Å². The first-order valence-electron chi connectivity index (χ1n) is 4.26. The monoisotopic (exact) mass is 237 g/mol. The fraction of sp³-hybridized carbons (Fsp3) is 0.875. The molecule has 0 rings (SSSR count). The van der Waals surface area contributed by atoms with Gasteiger partial charge in [0.25, 0.3) is 0 Å². The van der Waals surface area contributed by atoms with Crippen molar-refractivity contribution in [2.45, 2.75) is 26.2 Å². The maximum Gasteiger partial charge on any atom is 0.407 e. The fourth-order valence-electron chi connectivity index (χ4n) is 0.903. The van der Waals surface area contributed by atoms with E-state index in [0.717, 1.165) is 24.6 Å². The Balaban J connectivity index is 3.62. The number of carbonyl (C=O) groups is 1. The second kappa shape index (κ2) is 7.40. The quantitative estimate of drug-likeness (QED) is 0.722. The largest absolute Gasteiger partial charge is 0.465 e. The minimum Gasteiger partial charge on any atom is -0.465 e. The first kappa shape index (κ1) is 11.8. The minimum atomic E-state index is -0.801. The summed E-state index contributed by atoms with van der Waals surface area (Å²) in [5, 5.41) is 9.60. The third-order valence-electron chi connectivity index (χ3n) is 1.61. The number of unbranched alkanes of at least 4 members (excludes halogenated alkanes) is 1. The van der Waals surface area contributed by atoms with Gasteiger partial charge in [0.1, 0.15) is 0 Å². The number of carboxylic acid groups (broad SMARTS) is 1. The number of rotatable bonds is 6. The van der Waals surface area contributed by atoms with Gasteiger partial charge in [-0.05, 0) is 12.8 Å². The molecular formula is C8H16BrNO2. The maximum absolute atomic E-state index is 10.6. The molecule has 0 spiro atoms. The van der Waals surface area contributed by atoms with E-state index in [2.05, 4.69) is 22.9 Å². The molecule has 1 amide bonds. The van der Waals surface area contributed by atoms with Crippen LogP contribution in [0, 0.1) is 0 Å². The second-order valence-corrected chi connectivity index (χ2v) is 3.46. The lowest BCUT2D eigenvalue weighted by Gasteiger charge is -2.17. The molecule has 0 fully saturated rings. The van der Waals surface area contributed by atoms with Crippen molar-refractivity contribution in [2.75, 3.05) is 18.4 Å². The van der Waals surface area contributed by atoms with Crippen molar-refractivity contribution < 1.29 is 9.90 Å². The van der Waals surface area contributed by atoms with Crippen molar-refractivity contribution in [3.8, 4) is 0 Å². The summed E-state index contributed by atoms with van der Waals surface area (Å²) in [4.78, 5) is 12.1. The van der Waals surface area contributed by atoms with Crippen molar-refractivity contribution in [3.05, 3.63) is 0 Å². The van der Waals surface area contributed by atoms with E-state index in [1.54, 1.807) is 0 Å². The van der Waals surface area contributed by atoms with Gasteiger partial charge in [0, 0.05) is 18.4 Å². The van der Waals surface area contributed by atoms with Crippen LogP contribution in [0.1, 0.15) is 26.2 Å². The molecule has 0 bridgehead atoms. The summed E-state index contributed by atoms with van der Waals surface area (Å²) in [5.74, 6) is 0. The van der Waals surface area contributed by atoms with Crippen molar-refractivity contribution in [3.63, 3.8) is 0 Å². The standard InChI is InChI=1S/C8H16BrNO2/c1-2-3-6-10(8(11)12)7-4-5-9/h2-7H2,1H3,(H,11,12). The molecule has 0 aromatic heterocycles. The molecule has 0 aliphatic rings. The van der Waals surface area contributed by atoms with Gasteiger partial charge >= 0.3 is 6.09 Å². The topological polar surface area (TPSA) is 40.5 Å². The molecule has 3 nitrogen and oxygen atoms in total. The zero-order valence-electron chi connectivity index (χ0n) is 7.42. The molecule has 72 valence electrons. The molecule has 12 heavy (non-hydrogen) atoms. The van der Waals surface area contributed by atoms with Crippen molar-refractivity contribution in [1.82, 2.24) is 4.90 Å². The van der Waals surface area contributed by atoms with E-state index in [9.17, 15) is 4.79 Å². The Bertz CT molecular complexity index is 122. The highest BCUT2D eigenvalue weighted by atomic mass is 79.9. The van der Waals surface area contributed by atoms with Gasteiger partial charge in [-0.25, -0.2) is 4.79 Å². The summed E-state index contributed by atoms with van der Waals surface area (Å²) in [6, 6.07) is 0. The third kappa shape index (κ3) is 5.41. The molecule has 0 aliphatic heterocycles. The Kier molecular flexibility index (Phi) is 7.25. The second-order valence-electron chi connectivity index (χ2n) is 2.67. The first-order chi connectivity index (χ1) is 5.72. The Labute approximate surface area is 81.9 Å². The van der Waals surface area contributed by atoms with E-state index in [0.29, 0.717) is 13.1 Å². The Morgan fingerprint density at radius 2 is 2.00 bits per heavy atom. The lowest BCUT2D eigenvalue weighted by atomic mass is 10.3. The molecular weight excluding hydrogens is 222 g/mol. The predicted molar refractivity (Wildman–Crippen MR) is 52.9 cm³/mol. The van der Waals surface area contributed by atoms with Gasteiger partial charge in [0.05, 0.1) is 0 Å². The van der Waals surface area contributed by atoms with Crippen LogP contribution in [0.15, 0.2) is 0 Å². The van der Waals surface area contributed by atoms with E-state index >= 15 is 0 Å². The van der Waals surface area contributed by atoms with Gasteiger partial charge in [-0.15, -0.1) is 0 Å². The lowest BCUT2D eigenvalue weighted by Crippen LogP contribution is -2.31. The van der Waals surface area contributed by atoms with Crippen molar-refractivity contribution >= 4 is 22.0 Å². The van der Waals surface area contributed by atoms with Crippen LogP contribution >= 0.6 is 15.9 Å². The first-order valence-corrected chi connectivity index (χ1v) is 5.38. The molecule has 0 saturated heterocycles. The number of hydrogen-bond acceptors (Lipinski definition) is 1. The highest BCUT2D eigenvalue weighted by Crippen LogP contribution is 1.98. The molecule has 0 aromatic carbocycles. The molecule has 0 atom stereocenters. The lowest BCUT2D eigenvalue weighted by molar-refractivity contribution is 0.144. The fourth-order valence-corrected chi connectivity index (χ4v) is 1.15. The van der Waals surface area contributed by atoms with E-state index < -0.39 is 6.09 Å². The number of halogens is 1. The molecule has 0 aromatic rings. The van der Waals surface area contributed by atoms with Crippen molar-refractivity contribution in [2.24, 2.45) is 0 Å². The van der Waals surface area contributed by atoms with Crippen LogP contribution in [0.2, 0.25) is 0 Å². The summed E-state index contributed by atoms with van der Waals surface area (Å²) < 4.78 is 0. The summed E-state index contributed by atoms with van der Waals surface area (Å²) in [6.07, 6.45) is 2.08. The molecule has 0 heterocycles. The molecule has 0 saturated carbocycles. The van der Waals surface area contributed by atoms with Gasteiger partial charge < -0.3 is 10.0 Å². The molecule has 0 aliphatic carbocycles.